The van der Waals surface area contributed by atoms with E-state index >= 15 is 0 Å². The maximum absolute atomic E-state index is 13.7. The lowest BCUT2D eigenvalue weighted by molar-refractivity contribution is 0.119. The zero-order valence-corrected chi connectivity index (χ0v) is 11.1. The van der Waals surface area contributed by atoms with Gasteiger partial charge in [0, 0.05) is 18.2 Å². The van der Waals surface area contributed by atoms with Crippen molar-refractivity contribution >= 4 is 11.6 Å². The summed E-state index contributed by atoms with van der Waals surface area (Å²) in [7, 11) is 0. The van der Waals surface area contributed by atoms with Crippen LogP contribution in [0.4, 0.5) is 4.39 Å². The van der Waals surface area contributed by atoms with Crippen molar-refractivity contribution in [2.24, 2.45) is 0 Å². The van der Waals surface area contributed by atoms with Crippen LogP contribution in [0.15, 0.2) is 18.2 Å². The van der Waals surface area contributed by atoms with Gasteiger partial charge in [-0.15, -0.1) is 0 Å². The molecule has 2 nitrogen and oxygen atoms in total. The molecular formula is C14H19ClFNO. The summed E-state index contributed by atoms with van der Waals surface area (Å²) in [5.74, 6) is -0.366. The van der Waals surface area contributed by atoms with Gasteiger partial charge in [0.15, 0.2) is 0 Å². The van der Waals surface area contributed by atoms with Gasteiger partial charge in [-0.1, -0.05) is 43.0 Å². The summed E-state index contributed by atoms with van der Waals surface area (Å²) in [6, 6.07) is 5.07. The van der Waals surface area contributed by atoms with E-state index in [2.05, 4.69) is 5.32 Å². The molecule has 4 heteroatoms. The van der Waals surface area contributed by atoms with Crippen LogP contribution in [0.2, 0.25) is 5.02 Å². The van der Waals surface area contributed by atoms with Crippen molar-refractivity contribution in [3.05, 3.63) is 34.6 Å². The molecule has 1 fully saturated rings. The number of rotatable bonds is 3. The topological polar surface area (TPSA) is 32.3 Å². The van der Waals surface area contributed by atoms with E-state index in [1.54, 1.807) is 18.2 Å². The van der Waals surface area contributed by atoms with Crippen LogP contribution in [0.3, 0.4) is 0 Å². The minimum Gasteiger partial charge on any atom is -0.392 e. The van der Waals surface area contributed by atoms with Crippen LogP contribution >= 0.6 is 11.6 Å². The predicted molar refractivity (Wildman–Crippen MR) is 71.1 cm³/mol. The maximum atomic E-state index is 13.7. The summed E-state index contributed by atoms with van der Waals surface area (Å²) in [6.45, 7) is 0.411. The van der Waals surface area contributed by atoms with E-state index in [1.165, 1.54) is 6.42 Å². The standard InChI is InChI=1S/C14H19ClFNO/c15-11-6-4-5-10(14(11)16)9-17-12-7-2-1-3-8-13(12)18/h4-6,12-13,17-18H,1-3,7-9H2. The molecule has 2 unspecified atom stereocenters. The number of benzene rings is 1. The Hall–Kier alpha value is -0.640. The Balaban J connectivity index is 1.95. The molecule has 0 bridgehead atoms. The van der Waals surface area contributed by atoms with Crippen LogP contribution in [0.1, 0.15) is 37.7 Å². The van der Waals surface area contributed by atoms with Gasteiger partial charge in [0.25, 0.3) is 0 Å². The average molecular weight is 272 g/mol. The smallest absolute Gasteiger partial charge is 0.146 e. The van der Waals surface area contributed by atoms with Crippen molar-refractivity contribution < 1.29 is 9.50 Å². The molecule has 100 valence electrons. The first-order valence-electron chi connectivity index (χ1n) is 6.53. The molecule has 1 aliphatic carbocycles. The highest BCUT2D eigenvalue weighted by Crippen LogP contribution is 2.20. The number of aliphatic hydroxyl groups is 1. The van der Waals surface area contributed by atoms with E-state index in [1.807, 2.05) is 0 Å². The van der Waals surface area contributed by atoms with E-state index in [-0.39, 0.29) is 23.0 Å². The lowest BCUT2D eigenvalue weighted by Crippen LogP contribution is -2.38. The Bertz CT molecular complexity index is 399. The Kier molecular flexibility index (Phi) is 4.98. The van der Waals surface area contributed by atoms with Crippen LogP contribution in [0, 0.1) is 5.82 Å². The van der Waals surface area contributed by atoms with Gasteiger partial charge in [0.2, 0.25) is 0 Å². The zero-order valence-electron chi connectivity index (χ0n) is 10.3. The number of nitrogens with one attached hydrogen (secondary N) is 1. The van der Waals surface area contributed by atoms with Gasteiger partial charge in [-0.25, -0.2) is 4.39 Å². The molecule has 0 spiro atoms. The fourth-order valence-electron chi connectivity index (χ4n) is 2.45. The number of aliphatic hydroxyl groups excluding tert-OH is 1. The second-order valence-electron chi connectivity index (χ2n) is 4.91. The summed E-state index contributed by atoms with van der Waals surface area (Å²) in [4.78, 5) is 0. The minimum absolute atomic E-state index is 0.0610. The van der Waals surface area contributed by atoms with Crippen LogP contribution in [0.25, 0.3) is 0 Å². The average Bonchev–Trinajstić information content (AvgIpc) is 2.56. The third-order valence-corrected chi connectivity index (χ3v) is 3.86. The van der Waals surface area contributed by atoms with Gasteiger partial charge in [-0.3, -0.25) is 0 Å². The molecule has 1 aromatic rings. The summed E-state index contributed by atoms with van der Waals surface area (Å²) >= 11 is 5.74. The van der Waals surface area contributed by atoms with Crippen LogP contribution in [-0.4, -0.2) is 17.3 Å². The first kappa shape index (κ1) is 13.8. The Morgan fingerprint density at radius 2 is 2.06 bits per heavy atom. The Morgan fingerprint density at radius 1 is 1.28 bits per heavy atom. The highest BCUT2D eigenvalue weighted by atomic mass is 35.5. The SMILES string of the molecule is OC1CCCCCC1NCc1cccc(Cl)c1F. The normalized spacial score (nSPS) is 24.8. The molecule has 1 aliphatic rings. The number of halogens is 2. The van der Waals surface area contributed by atoms with Crippen molar-refractivity contribution in [3.8, 4) is 0 Å². The van der Waals surface area contributed by atoms with Crippen LogP contribution in [-0.2, 0) is 6.54 Å². The van der Waals surface area contributed by atoms with Crippen molar-refractivity contribution in [2.45, 2.75) is 50.8 Å². The minimum atomic E-state index is -0.366. The van der Waals surface area contributed by atoms with Crippen LogP contribution in [0.5, 0.6) is 0 Å². The molecule has 0 heterocycles. The molecule has 2 rings (SSSR count). The molecule has 18 heavy (non-hydrogen) atoms. The summed E-state index contributed by atoms with van der Waals surface area (Å²) in [5, 5.41) is 13.4. The zero-order chi connectivity index (χ0) is 13.0. The second kappa shape index (κ2) is 6.50. The molecular weight excluding hydrogens is 253 g/mol. The molecule has 0 aliphatic heterocycles. The summed E-state index contributed by atoms with van der Waals surface area (Å²) in [6.07, 6.45) is 4.81. The van der Waals surface area contributed by atoms with Gasteiger partial charge in [-0.2, -0.15) is 0 Å². The van der Waals surface area contributed by atoms with Crippen molar-refractivity contribution in [3.63, 3.8) is 0 Å². The van der Waals surface area contributed by atoms with E-state index < -0.39 is 0 Å². The molecule has 0 aromatic heterocycles. The summed E-state index contributed by atoms with van der Waals surface area (Å²) in [5.41, 5.74) is 0.555. The first-order chi connectivity index (χ1) is 8.68. The molecule has 0 radical (unpaired) electrons. The van der Waals surface area contributed by atoms with Crippen molar-refractivity contribution in [1.82, 2.24) is 5.32 Å². The van der Waals surface area contributed by atoms with E-state index in [0.29, 0.717) is 12.1 Å². The van der Waals surface area contributed by atoms with E-state index in [4.69, 9.17) is 11.6 Å². The second-order valence-corrected chi connectivity index (χ2v) is 5.31. The van der Waals surface area contributed by atoms with Gasteiger partial charge >= 0.3 is 0 Å². The lowest BCUT2D eigenvalue weighted by Gasteiger charge is -2.22. The van der Waals surface area contributed by atoms with Crippen LogP contribution < -0.4 is 5.32 Å². The highest BCUT2D eigenvalue weighted by molar-refractivity contribution is 6.30. The molecule has 0 saturated heterocycles. The van der Waals surface area contributed by atoms with Crippen molar-refractivity contribution in [1.29, 1.82) is 0 Å². The first-order valence-corrected chi connectivity index (χ1v) is 6.90. The van der Waals surface area contributed by atoms with E-state index in [9.17, 15) is 9.50 Å². The molecule has 2 atom stereocenters. The fraction of sp³-hybridized carbons (Fsp3) is 0.571. The quantitative estimate of drug-likeness (QED) is 0.827. The van der Waals surface area contributed by atoms with Crippen molar-refractivity contribution in [2.75, 3.05) is 0 Å². The molecule has 2 N–H and O–H groups in total. The van der Waals surface area contributed by atoms with E-state index in [0.717, 1.165) is 25.7 Å². The lowest BCUT2D eigenvalue weighted by atomic mass is 10.1. The van der Waals surface area contributed by atoms with Gasteiger partial charge in [0.05, 0.1) is 11.1 Å². The predicted octanol–water partition coefficient (Wildman–Crippen LogP) is 3.26. The monoisotopic (exact) mass is 271 g/mol. The third kappa shape index (κ3) is 3.44. The Morgan fingerprint density at radius 3 is 2.89 bits per heavy atom. The summed E-state index contributed by atoms with van der Waals surface area (Å²) < 4.78 is 13.7. The third-order valence-electron chi connectivity index (χ3n) is 3.57. The van der Waals surface area contributed by atoms with Gasteiger partial charge in [-0.05, 0) is 18.9 Å². The highest BCUT2D eigenvalue weighted by Gasteiger charge is 2.21. The largest absolute Gasteiger partial charge is 0.392 e. The number of hydrogen-bond donors (Lipinski definition) is 2. The molecule has 1 aromatic carbocycles. The number of hydrogen-bond acceptors (Lipinski definition) is 2. The van der Waals surface area contributed by atoms with Gasteiger partial charge < -0.3 is 10.4 Å². The maximum Gasteiger partial charge on any atom is 0.146 e. The Labute approximate surface area is 112 Å². The van der Waals surface area contributed by atoms with Gasteiger partial charge in [0.1, 0.15) is 5.82 Å². The fourth-order valence-corrected chi connectivity index (χ4v) is 2.65. The molecule has 0 amide bonds. The molecule has 1 saturated carbocycles.